The number of ether oxygens (including phenoxy) is 1. The fourth-order valence-corrected chi connectivity index (χ4v) is 1.76. The number of benzene rings is 1. The lowest BCUT2D eigenvalue weighted by atomic mass is 10.1. The Morgan fingerprint density at radius 2 is 2.10 bits per heavy atom. The number of nitrogens with zero attached hydrogens (tertiary/aromatic N) is 3. The molecule has 0 bridgehead atoms. The van der Waals surface area contributed by atoms with Gasteiger partial charge in [-0.1, -0.05) is 6.07 Å². The zero-order valence-corrected chi connectivity index (χ0v) is 11.0. The van der Waals surface area contributed by atoms with Gasteiger partial charge < -0.3 is 4.74 Å². The van der Waals surface area contributed by atoms with Gasteiger partial charge in [-0.15, -0.1) is 0 Å². The molecule has 0 saturated carbocycles. The number of rotatable bonds is 3. The van der Waals surface area contributed by atoms with Crippen molar-refractivity contribution in [1.82, 2.24) is 4.98 Å². The number of nitriles is 1. The van der Waals surface area contributed by atoms with Gasteiger partial charge in [-0.3, -0.25) is 10.1 Å². The lowest BCUT2D eigenvalue weighted by molar-refractivity contribution is -0.385. The van der Waals surface area contributed by atoms with E-state index in [4.69, 9.17) is 10.00 Å². The molecule has 0 aliphatic heterocycles. The van der Waals surface area contributed by atoms with Crippen LogP contribution in [0.2, 0.25) is 0 Å². The van der Waals surface area contributed by atoms with Crippen LogP contribution in [0.15, 0.2) is 30.5 Å². The van der Waals surface area contributed by atoms with Crippen molar-refractivity contribution in [3.05, 3.63) is 57.3 Å². The molecule has 0 saturated heterocycles. The molecule has 2 aromatic rings. The van der Waals surface area contributed by atoms with Gasteiger partial charge >= 0.3 is 0 Å². The van der Waals surface area contributed by atoms with Gasteiger partial charge in [0.25, 0.3) is 5.69 Å². The van der Waals surface area contributed by atoms with Crippen molar-refractivity contribution in [2.75, 3.05) is 0 Å². The van der Waals surface area contributed by atoms with E-state index in [9.17, 15) is 10.1 Å². The maximum Gasteiger partial charge on any atom is 0.276 e. The fourth-order valence-electron chi connectivity index (χ4n) is 1.76. The van der Waals surface area contributed by atoms with Crippen molar-refractivity contribution in [2.24, 2.45) is 0 Å². The minimum absolute atomic E-state index is 0.0336. The minimum atomic E-state index is -0.475. The third kappa shape index (κ3) is 2.42. The van der Waals surface area contributed by atoms with Crippen molar-refractivity contribution in [3.63, 3.8) is 0 Å². The van der Waals surface area contributed by atoms with Gasteiger partial charge in [0, 0.05) is 12.3 Å². The molecule has 2 rings (SSSR count). The van der Waals surface area contributed by atoms with Crippen molar-refractivity contribution >= 4 is 5.69 Å². The molecule has 0 spiro atoms. The highest BCUT2D eigenvalue weighted by Crippen LogP contribution is 2.31. The summed E-state index contributed by atoms with van der Waals surface area (Å²) in [7, 11) is 0. The summed E-state index contributed by atoms with van der Waals surface area (Å²) in [4.78, 5) is 14.4. The highest BCUT2D eigenvalue weighted by Gasteiger charge is 2.16. The average molecular weight is 269 g/mol. The van der Waals surface area contributed by atoms with Gasteiger partial charge in [0.1, 0.15) is 17.4 Å². The monoisotopic (exact) mass is 269 g/mol. The number of nitro groups is 1. The smallest absolute Gasteiger partial charge is 0.276 e. The molecule has 100 valence electrons. The summed E-state index contributed by atoms with van der Waals surface area (Å²) in [6.45, 7) is 3.36. The summed E-state index contributed by atoms with van der Waals surface area (Å²) in [5, 5.41) is 20.0. The van der Waals surface area contributed by atoms with Gasteiger partial charge in [0.05, 0.1) is 10.5 Å². The van der Waals surface area contributed by atoms with E-state index in [2.05, 4.69) is 4.98 Å². The Morgan fingerprint density at radius 1 is 1.35 bits per heavy atom. The Balaban J connectivity index is 2.47. The number of hydrogen-bond donors (Lipinski definition) is 0. The Kier molecular flexibility index (Phi) is 3.62. The Morgan fingerprint density at radius 3 is 2.75 bits per heavy atom. The number of nitro benzene ring substituents is 1. The van der Waals surface area contributed by atoms with E-state index in [1.165, 1.54) is 18.3 Å². The van der Waals surface area contributed by atoms with Crippen LogP contribution in [-0.2, 0) is 0 Å². The molecule has 0 N–H and O–H groups in total. The van der Waals surface area contributed by atoms with Gasteiger partial charge in [0.2, 0.25) is 5.88 Å². The molecule has 6 heteroatoms. The third-order valence-electron chi connectivity index (χ3n) is 2.90. The molecule has 1 heterocycles. The normalized spacial score (nSPS) is 9.85. The highest BCUT2D eigenvalue weighted by molar-refractivity contribution is 5.51. The summed E-state index contributed by atoms with van der Waals surface area (Å²) >= 11 is 0. The lowest BCUT2D eigenvalue weighted by Crippen LogP contribution is -1.98. The predicted octanol–water partition coefficient (Wildman–Crippen LogP) is 3.27. The summed E-state index contributed by atoms with van der Waals surface area (Å²) in [6.07, 6.45) is 1.53. The second kappa shape index (κ2) is 5.36. The van der Waals surface area contributed by atoms with Crippen LogP contribution >= 0.6 is 0 Å². The van der Waals surface area contributed by atoms with Crippen LogP contribution in [-0.4, -0.2) is 9.91 Å². The second-order valence-electron chi connectivity index (χ2n) is 4.18. The van der Waals surface area contributed by atoms with Crippen molar-refractivity contribution in [1.29, 1.82) is 5.26 Å². The molecule has 0 atom stereocenters. The standard InChI is InChI=1S/C14H11N3O3/c1-9-6-7-16-14(11(9)8-15)20-13-5-3-4-12(10(13)2)17(18)19/h3-7H,1-2H3. The van der Waals surface area contributed by atoms with Crippen LogP contribution in [0.3, 0.4) is 0 Å². The molecule has 0 aliphatic rings. The summed E-state index contributed by atoms with van der Waals surface area (Å²) in [6, 6.07) is 8.25. The molecule has 0 unspecified atom stereocenters. The predicted molar refractivity (Wildman–Crippen MR) is 71.6 cm³/mol. The SMILES string of the molecule is Cc1ccnc(Oc2cccc([N+](=O)[O-])c2C)c1C#N. The number of hydrogen-bond acceptors (Lipinski definition) is 5. The Labute approximate surface area is 115 Å². The first-order chi connectivity index (χ1) is 9.54. The van der Waals surface area contributed by atoms with Gasteiger partial charge in [-0.05, 0) is 31.5 Å². The van der Waals surface area contributed by atoms with Crippen molar-refractivity contribution in [2.45, 2.75) is 13.8 Å². The first-order valence-corrected chi connectivity index (χ1v) is 5.82. The topological polar surface area (TPSA) is 89.1 Å². The zero-order chi connectivity index (χ0) is 14.7. The maximum absolute atomic E-state index is 10.9. The van der Waals surface area contributed by atoms with Crippen LogP contribution in [0.4, 0.5) is 5.69 Å². The van der Waals surface area contributed by atoms with Gasteiger partial charge in [0.15, 0.2) is 0 Å². The first kappa shape index (κ1) is 13.5. The molecule has 0 aliphatic carbocycles. The quantitative estimate of drug-likeness (QED) is 0.630. The second-order valence-corrected chi connectivity index (χ2v) is 4.18. The lowest BCUT2D eigenvalue weighted by Gasteiger charge is -2.09. The fraction of sp³-hybridized carbons (Fsp3) is 0.143. The average Bonchev–Trinajstić information content (AvgIpc) is 2.41. The van der Waals surface area contributed by atoms with E-state index in [1.54, 1.807) is 26.0 Å². The summed E-state index contributed by atoms with van der Waals surface area (Å²) < 4.78 is 5.56. The summed E-state index contributed by atoms with van der Waals surface area (Å²) in [5.74, 6) is 0.463. The molecule has 1 aromatic heterocycles. The Bertz CT molecular complexity index is 720. The van der Waals surface area contributed by atoms with Crippen LogP contribution in [0, 0.1) is 35.3 Å². The Hall–Kier alpha value is -2.94. The van der Waals surface area contributed by atoms with Crippen molar-refractivity contribution in [3.8, 4) is 17.7 Å². The number of pyridine rings is 1. The van der Waals surface area contributed by atoms with Crippen LogP contribution < -0.4 is 4.74 Å². The van der Waals surface area contributed by atoms with E-state index in [0.29, 0.717) is 16.9 Å². The molecular formula is C14H11N3O3. The molecule has 20 heavy (non-hydrogen) atoms. The molecule has 0 fully saturated rings. The van der Waals surface area contributed by atoms with E-state index < -0.39 is 4.92 Å². The number of aromatic nitrogens is 1. The van der Waals surface area contributed by atoms with E-state index in [-0.39, 0.29) is 11.6 Å². The van der Waals surface area contributed by atoms with Crippen LogP contribution in [0.5, 0.6) is 11.6 Å². The summed E-state index contributed by atoms with van der Waals surface area (Å²) in [5.41, 5.74) is 1.41. The maximum atomic E-state index is 10.9. The van der Waals surface area contributed by atoms with E-state index in [0.717, 1.165) is 5.56 Å². The van der Waals surface area contributed by atoms with Crippen molar-refractivity contribution < 1.29 is 9.66 Å². The van der Waals surface area contributed by atoms with Crippen LogP contribution in [0.25, 0.3) is 0 Å². The molecular weight excluding hydrogens is 258 g/mol. The largest absolute Gasteiger partial charge is 0.437 e. The molecule has 0 amide bonds. The van der Waals surface area contributed by atoms with Crippen LogP contribution in [0.1, 0.15) is 16.7 Å². The minimum Gasteiger partial charge on any atom is -0.437 e. The highest BCUT2D eigenvalue weighted by atomic mass is 16.6. The van der Waals surface area contributed by atoms with Gasteiger partial charge in [-0.25, -0.2) is 4.98 Å². The first-order valence-electron chi connectivity index (χ1n) is 5.82. The van der Waals surface area contributed by atoms with Gasteiger partial charge in [-0.2, -0.15) is 5.26 Å². The molecule has 1 aromatic carbocycles. The van der Waals surface area contributed by atoms with E-state index in [1.807, 2.05) is 6.07 Å². The molecule has 6 nitrogen and oxygen atoms in total. The number of aryl methyl sites for hydroxylation is 1. The van der Waals surface area contributed by atoms with E-state index >= 15 is 0 Å². The molecule has 0 radical (unpaired) electrons. The third-order valence-corrected chi connectivity index (χ3v) is 2.90. The zero-order valence-electron chi connectivity index (χ0n) is 11.0.